The molecule has 0 bridgehead atoms. The van der Waals surface area contributed by atoms with E-state index in [1.807, 2.05) is 17.9 Å². The number of halogens is 1. The zero-order valence-electron chi connectivity index (χ0n) is 9.87. The summed E-state index contributed by atoms with van der Waals surface area (Å²) < 4.78 is 0.855. The molecule has 0 aliphatic rings. The molecule has 0 aliphatic carbocycles. The van der Waals surface area contributed by atoms with E-state index >= 15 is 0 Å². The van der Waals surface area contributed by atoms with Gasteiger partial charge in [-0.05, 0) is 42.8 Å². The van der Waals surface area contributed by atoms with Gasteiger partial charge in [-0.15, -0.1) is 0 Å². The van der Waals surface area contributed by atoms with E-state index in [1.165, 1.54) is 0 Å². The van der Waals surface area contributed by atoms with Gasteiger partial charge in [0.1, 0.15) is 0 Å². The summed E-state index contributed by atoms with van der Waals surface area (Å²) in [7, 11) is 0. The van der Waals surface area contributed by atoms with E-state index in [4.69, 9.17) is 5.73 Å². The molecule has 0 atom stereocenters. The Morgan fingerprint density at radius 2 is 2.19 bits per heavy atom. The lowest BCUT2D eigenvalue weighted by Gasteiger charge is -2.29. The molecule has 0 radical (unpaired) electrons. The number of rotatable bonds is 4. The maximum absolute atomic E-state index is 9.81. The van der Waals surface area contributed by atoms with E-state index < -0.39 is 5.60 Å². The van der Waals surface area contributed by atoms with Crippen molar-refractivity contribution in [1.29, 1.82) is 0 Å². The second-order valence-corrected chi connectivity index (χ2v) is 5.31. The van der Waals surface area contributed by atoms with Crippen LogP contribution in [0.15, 0.2) is 16.7 Å². The lowest BCUT2D eigenvalue weighted by Crippen LogP contribution is -2.39. The molecule has 0 spiro atoms. The molecule has 1 heterocycles. The van der Waals surface area contributed by atoms with Crippen LogP contribution in [0.4, 0.5) is 11.5 Å². The Balaban J connectivity index is 2.95. The van der Waals surface area contributed by atoms with Gasteiger partial charge in [-0.2, -0.15) is 0 Å². The molecular weight excluding hydrogens is 270 g/mol. The second kappa shape index (κ2) is 5.01. The Morgan fingerprint density at radius 3 is 2.62 bits per heavy atom. The minimum absolute atomic E-state index is 0.502. The highest BCUT2D eigenvalue weighted by Crippen LogP contribution is 2.24. The topological polar surface area (TPSA) is 62.4 Å². The van der Waals surface area contributed by atoms with Crippen LogP contribution in [-0.4, -0.2) is 28.8 Å². The predicted molar refractivity (Wildman–Crippen MR) is 70.5 cm³/mol. The first-order chi connectivity index (χ1) is 7.33. The Labute approximate surface area is 105 Å². The van der Waals surface area contributed by atoms with Crippen molar-refractivity contribution in [2.24, 2.45) is 0 Å². The van der Waals surface area contributed by atoms with Crippen molar-refractivity contribution in [2.75, 3.05) is 23.7 Å². The number of aromatic nitrogens is 1. The van der Waals surface area contributed by atoms with Gasteiger partial charge in [0.25, 0.3) is 0 Å². The SMILES string of the molecule is CCN(CC(C)(C)O)c1ncc(Br)cc1N. The number of hydrogen-bond acceptors (Lipinski definition) is 4. The van der Waals surface area contributed by atoms with Crippen LogP contribution in [0.3, 0.4) is 0 Å². The number of pyridine rings is 1. The van der Waals surface area contributed by atoms with Gasteiger partial charge in [0.2, 0.25) is 0 Å². The molecule has 0 unspecified atom stereocenters. The molecule has 4 nitrogen and oxygen atoms in total. The van der Waals surface area contributed by atoms with Gasteiger partial charge in [-0.1, -0.05) is 0 Å². The molecule has 5 heteroatoms. The summed E-state index contributed by atoms with van der Waals surface area (Å²) in [6, 6.07) is 1.81. The normalized spacial score (nSPS) is 11.6. The highest BCUT2D eigenvalue weighted by Gasteiger charge is 2.19. The van der Waals surface area contributed by atoms with Crippen molar-refractivity contribution in [3.05, 3.63) is 16.7 Å². The lowest BCUT2D eigenvalue weighted by molar-refractivity contribution is 0.0874. The summed E-state index contributed by atoms with van der Waals surface area (Å²) in [4.78, 5) is 6.24. The lowest BCUT2D eigenvalue weighted by atomic mass is 10.1. The van der Waals surface area contributed by atoms with Crippen molar-refractivity contribution in [2.45, 2.75) is 26.4 Å². The van der Waals surface area contributed by atoms with Crippen molar-refractivity contribution in [3.63, 3.8) is 0 Å². The average molecular weight is 288 g/mol. The van der Waals surface area contributed by atoms with E-state index in [0.717, 1.165) is 11.0 Å². The molecule has 1 aromatic heterocycles. The molecular formula is C11H18BrN3O. The van der Waals surface area contributed by atoms with Gasteiger partial charge >= 0.3 is 0 Å². The maximum Gasteiger partial charge on any atom is 0.151 e. The maximum atomic E-state index is 9.81. The highest BCUT2D eigenvalue weighted by atomic mass is 79.9. The quantitative estimate of drug-likeness (QED) is 0.890. The van der Waals surface area contributed by atoms with E-state index in [1.54, 1.807) is 20.0 Å². The highest BCUT2D eigenvalue weighted by molar-refractivity contribution is 9.10. The minimum atomic E-state index is -0.767. The van der Waals surface area contributed by atoms with Crippen LogP contribution >= 0.6 is 15.9 Å². The van der Waals surface area contributed by atoms with Crippen molar-refractivity contribution in [1.82, 2.24) is 4.98 Å². The third-order valence-corrected chi connectivity index (χ3v) is 2.55. The molecule has 1 rings (SSSR count). The third-order valence-electron chi connectivity index (χ3n) is 2.12. The molecule has 0 saturated heterocycles. The second-order valence-electron chi connectivity index (χ2n) is 4.39. The zero-order valence-corrected chi connectivity index (χ0v) is 11.5. The standard InChI is InChI=1S/C11H18BrN3O/c1-4-15(7-11(2,3)16)10-9(13)5-8(12)6-14-10/h5-6,16H,4,7,13H2,1-3H3. The predicted octanol–water partition coefficient (Wildman–Crippen LogP) is 2.02. The molecule has 0 fully saturated rings. The fraction of sp³-hybridized carbons (Fsp3) is 0.545. The first kappa shape index (κ1) is 13.3. The monoisotopic (exact) mass is 287 g/mol. The number of nitrogens with zero attached hydrogens (tertiary/aromatic N) is 2. The Hall–Kier alpha value is -0.810. The first-order valence-electron chi connectivity index (χ1n) is 5.22. The number of aliphatic hydroxyl groups is 1. The van der Waals surface area contributed by atoms with Crippen LogP contribution in [-0.2, 0) is 0 Å². The number of nitrogen functional groups attached to an aromatic ring is 1. The summed E-state index contributed by atoms with van der Waals surface area (Å²) in [5, 5.41) is 9.81. The average Bonchev–Trinajstić information content (AvgIpc) is 2.13. The third kappa shape index (κ3) is 3.64. The molecule has 0 amide bonds. The number of hydrogen-bond donors (Lipinski definition) is 2. The van der Waals surface area contributed by atoms with Gasteiger partial charge in [0, 0.05) is 23.8 Å². The smallest absolute Gasteiger partial charge is 0.151 e. The Kier molecular flexibility index (Phi) is 4.15. The largest absolute Gasteiger partial charge is 0.396 e. The molecule has 0 aliphatic heterocycles. The summed E-state index contributed by atoms with van der Waals surface area (Å²) in [6.45, 7) is 6.80. The number of anilines is 2. The van der Waals surface area contributed by atoms with Gasteiger partial charge in [-0.25, -0.2) is 4.98 Å². The fourth-order valence-electron chi connectivity index (χ4n) is 1.52. The summed E-state index contributed by atoms with van der Waals surface area (Å²) in [6.07, 6.45) is 1.71. The van der Waals surface area contributed by atoms with Crippen molar-refractivity contribution in [3.8, 4) is 0 Å². The van der Waals surface area contributed by atoms with Crippen LogP contribution in [0.2, 0.25) is 0 Å². The number of likely N-dealkylation sites (N-methyl/N-ethyl adjacent to an activating group) is 1. The van der Waals surface area contributed by atoms with E-state index in [2.05, 4.69) is 20.9 Å². The molecule has 1 aromatic rings. The molecule has 3 N–H and O–H groups in total. The van der Waals surface area contributed by atoms with Gasteiger partial charge < -0.3 is 15.7 Å². The van der Waals surface area contributed by atoms with Crippen LogP contribution in [0.5, 0.6) is 0 Å². The van der Waals surface area contributed by atoms with Crippen LogP contribution in [0.25, 0.3) is 0 Å². The van der Waals surface area contributed by atoms with Crippen LogP contribution in [0.1, 0.15) is 20.8 Å². The molecule has 0 aromatic carbocycles. The van der Waals surface area contributed by atoms with Crippen molar-refractivity contribution < 1.29 is 5.11 Å². The van der Waals surface area contributed by atoms with Gasteiger partial charge in [-0.3, -0.25) is 0 Å². The summed E-state index contributed by atoms with van der Waals surface area (Å²) in [5.74, 6) is 0.716. The van der Waals surface area contributed by atoms with Crippen LogP contribution < -0.4 is 10.6 Å². The number of nitrogens with two attached hydrogens (primary N) is 1. The van der Waals surface area contributed by atoms with E-state index in [9.17, 15) is 5.11 Å². The van der Waals surface area contributed by atoms with Crippen LogP contribution in [0, 0.1) is 0 Å². The Bertz CT molecular complexity index is 363. The summed E-state index contributed by atoms with van der Waals surface area (Å²) >= 11 is 3.32. The Morgan fingerprint density at radius 1 is 1.56 bits per heavy atom. The van der Waals surface area contributed by atoms with E-state index in [0.29, 0.717) is 18.1 Å². The fourth-order valence-corrected chi connectivity index (χ4v) is 1.86. The minimum Gasteiger partial charge on any atom is -0.396 e. The molecule has 90 valence electrons. The molecule has 16 heavy (non-hydrogen) atoms. The van der Waals surface area contributed by atoms with Gasteiger partial charge in [0.15, 0.2) is 5.82 Å². The first-order valence-corrected chi connectivity index (χ1v) is 6.01. The van der Waals surface area contributed by atoms with E-state index in [-0.39, 0.29) is 0 Å². The summed E-state index contributed by atoms with van der Waals surface area (Å²) in [5.41, 5.74) is 5.75. The van der Waals surface area contributed by atoms with Crippen molar-refractivity contribution >= 4 is 27.4 Å². The zero-order chi connectivity index (χ0) is 12.3. The van der Waals surface area contributed by atoms with Gasteiger partial charge in [0.05, 0.1) is 11.3 Å². The molecule has 0 saturated carbocycles.